The van der Waals surface area contributed by atoms with E-state index in [-0.39, 0.29) is 0 Å². The Kier molecular flexibility index (Phi) is 2.21. The molecule has 0 bridgehead atoms. The number of nitrogen functional groups attached to an aromatic ring is 1. The molecule has 86 valence electrons. The zero-order valence-electron chi connectivity index (χ0n) is 8.95. The van der Waals surface area contributed by atoms with Gasteiger partial charge >= 0.3 is 0 Å². The van der Waals surface area contributed by atoms with Crippen LogP contribution in [0.25, 0.3) is 5.82 Å². The Balaban J connectivity index is 2.06. The number of nitrogens with two attached hydrogens (primary N) is 1. The van der Waals surface area contributed by atoms with Crippen LogP contribution in [0.4, 0.5) is 5.82 Å². The molecule has 3 heterocycles. The summed E-state index contributed by atoms with van der Waals surface area (Å²) in [5.41, 5.74) is 6.46. The molecule has 0 saturated carbocycles. The van der Waals surface area contributed by atoms with Gasteiger partial charge in [0.15, 0.2) is 11.6 Å². The van der Waals surface area contributed by atoms with Crippen molar-refractivity contribution in [2.75, 3.05) is 12.3 Å². The third kappa shape index (κ3) is 1.82. The van der Waals surface area contributed by atoms with Crippen molar-refractivity contribution in [1.29, 1.82) is 0 Å². The van der Waals surface area contributed by atoms with Crippen LogP contribution in [0.1, 0.15) is 12.2 Å². The molecule has 0 spiro atoms. The van der Waals surface area contributed by atoms with Gasteiger partial charge in [0.05, 0.1) is 0 Å². The lowest BCUT2D eigenvalue weighted by Crippen LogP contribution is -2.10. The predicted molar refractivity (Wildman–Crippen MR) is 60.7 cm³/mol. The summed E-state index contributed by atoms with van der Waals surface area (Å²) in [6.45, 7) is 0.560. The van der Waals surface area contributed by atoms with E-state index in [4.69, 9.17) is 10.6 Å². The van der Waals surface area contributed by atoms with E-state index < -0.39 is 0 Å². The minimum Gasteiger partial charge on any atom is -0.395 e. The van der Waals surface area contributed by atoms with Gasteiger partial charge in [0.25, 0.3) is 0 Å². The summed E-state index contributed by atoms with van der Waals surface area (Å²) in [4.78, 5) is 13.4. The van der Waals surface area contributed by atoms with Crippen LogP contribution in [-0.2, 0) is 4.84 Å². The minimum atomic E-state index is 0.384. The number of hydrogen-bond donors (Lipinski definition) is 1. The van der Waals surface area contributed by atoms with Crippen LogP contribution in [0.2, 0.25) is 0 Å². The van der Waals surface area contributed by atoms with Crippen LogP contribution in [0, 0.1) is 0 Å². The van der Waals surface area contributed by atoms with Crippen LogP contribution < -0.4 is 5.73 Å². The molecular weight excluding hydrogens is 220 g/mol. The smallest absolute Gasteiger partial charge is 0.181 e. The first kappa shape index (κ1) is 9.76. The van der Waals surface area contributed by atoms with E-state index in [1.54, 1.807) is 23.1 Å². The maximum Gasteiger partial charge on any atom is 0.181 e. The predicted octanol–water partition coefficient (Wildman–Crippen LogP) is 0.369. The molecule has 3 rings (SSSR count). The van der Waals surface area contributed by atoms with Gasteiger partial charge < -0.3 is 10.6 Å². The van der Waals surface area contributed by atoms with Crippen LogP contribution in [0.15, 0.2) is 29.7 Å². The van der Waals surface area contributed by atoms with Gasteiger partial charge in [0.2, 0.25) is 0 Å². The summed E-state index contributed by atoms with van der Waals surface area (Å²) >= 11 is 0. The van der Waals surface area contributed by atoms with Crippen LogP contribution in [-0.4, -0.2) is 32.1 Å². The van der Waals surface area contributed by atoms with Gasteiger partial charge in [-0.25, -0.2) is 14.6 Å². The lowest BCUT2D eigenvalue weighted by Gasteiger charge is -2.04. The van der Waals surface area contributed by atoms with Crippen molar-refractivity contribution in [3.05, 3.63) is 30.4 Å². The number of hydrogen-bond acceptors (Lipinski definition) is 6. The molecule has 0 amide bonds. The lowest BCUT2D eigenvalue weighted by molar-refractivity contribution is 0.174. The fourth-order valence-electron chi connectivity index (χ4n) is 1.57. The lowest BCUT2D eigenvalue weighted by atomic mass is 10.2. The Morgan fingerprint density at radius 3 is 3.00 bits per heavy atom. The molecule has 1 aliphatic heterocycles. The fraction of sp³-hybridized carbons (Fsp3) is 0.200. The molecule has 7 heteroatoms. The molecule has 0 aliphatic carbocycles. The Bertz CT molecular complexity index is 562. The normalized spacial score (nSPS) is 14.5. The van der Waals surface area contributed by atoms with E-state index in [1.165, 1.54) is 0 Å². The largest absolute Gasteiger partial charge is 0.395 e. The summed E-state index contributed by atoms with van der Waals surface area (Å²) in [7, 11) is 0. The first-order chi connectivity index (χ1) is 8.33. The highest BCUT2D eigenvalue weighted by molar-refractivity contribution is 5.98. The molecule has 0 aromatic carbocycles. The van der Waals surface area contributed by atoms with Crippen molar-refractivity contribution in [3.63, 3.8) is 0 Å². The molecule has 2 aromatic rings. The number of nitrogens with zero attached hydrogens (tertiary/aromatic N) is 5. The monoisotopic (exact) mass is 230 g/mol. The van der Waals surface area contributed by atoms with Crippen LogP contribution in [0.3, 0.4) is 0 Å². The Morgan fingerprint density at radius 1 is 1.35 bits per heavy atom. The molecular formula is C10H10N6O. The molecule has 2 aromatic heterocycles. The van der Waals surface area contributed by atoms with Crippen molar-refractivity contribution in [2.45, 2.75) is 6.42 Å². The SMILES string of the molecule is Nc1cc(-n2cccn2)nc(C2=NOCC2)n1. The van der Waals surface area contributed by atoms with Crippen LogP contribution in [0.5, 0.6) is 0 Å². The Labute approximate surface area is 96.9 Å². The van der Waals surface area contributed by atoms with E-state index in [1.807, 2.05) is 6.07 Å². The summed E-state index contributed by atoms with van der Waals surface area (Å²) in [6.07, 6.45) is 4.16. The molecule has 0 saturated heterocycles. The second kappa shape index (κ2) is 3.85. The third-order valence-electron chi connectivity index (χ3n) is 2.33. The van der Waals surface area contributed by atoms with Gasteiger partial charge in [-0.15, -0.1) is 0 Å². The first-order valence-corrected chi connectivity index (χ1v) is 5.17. The Morgan fingerprint density at radius 2 is 2.29 bits per heavy atom. The van der Waals surface area contributed by atoms with Gasteiger partial charge in [0.1, 0.15) is 18.1 Å². The van der Waals surface area contributed by atoms with Crippen molar-refractivity contribution in [2.24, 2.45) is 5.16 Å². The van der Waals surface area contributed by atoms with E-state index in [0.29, 0.717) is 36.2 Å². The number of aromatic nitrogens is 4. The first-order valence-electron chi connectivity index (χ1n) is 5.17. The molecule has 0 atom stereocenters. The van der Waals surface area contributed by atoms with Crippen molar-refractivity contribution >= 4 is 11.5 Å². The number of rotatable bonds is 2. The number of oxime groups is 1. The van der Waals surface area contributed by atoms with Gasteiger partial charge in [-0.2, -0.15) is 5.10 Å². The highest BCUT2D eigenvalue weighted by Gasteiger charge is 2.15. The molecule has 0 unspecified atom stereocenters. The van der Waals surface area contributed by atoms with Crippen molar-refractivity contribution in [3.8, 4) is 5.82 Å². The molecule has 0 radical (unpaired) electrons. The van der Waals surface area contributed by atoms with Gasteiger partial charge in [-0.3, -0.25) is 0 Å². The second-order valence-electron chi connectivity index (χ2n) is 3.55. The topological polar surface area (TPSA) is 91.2 Å². The fourth-order valence-corrected chi connectivity index (χ4v) is 1.57. The van der Waals surface area contributed by atoms with E-state index >= 15 is 0 Å². The zero-order chi connectivity index (χ0) is 11.7. The number of anilines is 1. The molecule has 0 fully saturated rings. The average Bonchev–Trinajstić information content (AvgIpc) is 3.02. The Hall–Kier alpha value is -2.44. The third-order valence-corrected chi connectivity index (χ3v) is 2.33. The average molecular weight is 230 g/mol. The summed E-state index contributed by atoms with van der Waals surface area (Å²) < 4.78 is 1.62. The summed E-state index contributed by atoms with van der Waals surface area (Å²) in [5, 5.41) is 7.97. The van der Waals surface area contributed by atoms with E-state index in [9.17, 15) is 0 Å². The summed E-state index contributed by atoms with van der Waals surface area (Å²) in [5.74, 6) is 1.50. The second-order valence-corrected chi connectivity index (χ2v) is 3.55. The van der Waals surface area contributed by atoms with Crippen LogP contribution >= 0.6 is 0 Å². The quantitative estimate of drug-likeness (QED) is 0.804. The van der Waals surface area contributed by atoms with Crippen molar-refractivity contribution < 1.29 is 4.84 Å². The molecule has 17 heavy (non-hydrogen) atoms. The minimum absolute atomic E-state index is 0.384. The zero-order valence-corrected chi connectivity index (χ0v) is 8.95. The molecule has 2 N–H and O–H groups in total. The van der Waals surface area contributed by atoms with E-state index in [2.05, 4.69) is 20.2 Å². The maximum absolute atomic E-state index is 5.75. The maximum atomic E-state index is 5.75. The van der Waals surface area contributed by atoms with Gasteiger partial charge in [-0.1, -0.05) is 5.16 Å². The van der Waals surface area contributed by atoms with E-state index in [0.717, 1.165) is 0 Å². The summed E-state index contributed by atoms with van der Waals surface area (Å²) in [6, 6.07) is 3.47. The molecule has 7 nitrogen and oxygen atoms in total. The van der Waals surface area contributed by atoms with Gasteiger partial charge in [0, 0.05) is 24.9 Å². The highest BCUT2D eigenvalue weighted by atomic mass is 16.6. The van der Waals surface area contributed by atoms with Gasteiger partial charge in [-0.05, 0) is 6.07 Å². The highest BCUT2D eigenvalue weighted by Crippen LogP contribution is 2.12. The van der Waals surface area contributed by atoms with Crippen molar-refractivity contribution in [1.82, 2.24) is 19.7 Å². The standard InChI is InChI=1S/C10H10N6O/c11-8-6-9(16-4-1-3-12-16)14-10(13-8)7-2-5-17-15-7/h1,3-4,6H,2,5H2,(H2,11,13,14). The molecule has 1 aliphatic rings.